The highest BCUT2D eigenvalue weighted by Crippen LogP contribution is 2.32. The number of hydrazone groups is 1. The molecule has 3 aromatic rings. The molecule has 2 aromatic carbocycles. The van der Waals surface area contributed by atoms with Gasteiger partial charge in [0.1, 0.15) is 11.5 Å². The Bertz CT molecular complexity index is 1260. The molecule has 2 amide bonds. The van der Waals surface area contributed by atoms with Gasteiger partial charge < -0.3 is 14.6 Å². The van der Waals surface area contributed by atoms with Gasteiger partial charge in [-0.1, -0.05) is 35.3 Å². The summed E-state index contributed by atoms with van der Waals surface area (Å²) in [6.45, 7) is 5.78. The van der Waals surface area contributed by atoms with E-state index in [-0.39, 0.29) is 12.1 Å². The van der Waals surface area contributed by atoms with E-state index in [1.165, 1.54) is 5.01 Å². The summed E-state index contributed by atoms with van der Waals surface area (Å²) in [7, 11) is 3.19. The van der Waals surface area contributed by atoms with Crippen molar-refractivity contribution in [3.05, 3.63) is 70.1 Å². The van der Waals surface area contributed by atoms with Crippen LogP contribution in [-0.4, -0.2) is 42.1 Å². The number of ether oxygens (including phenoxy) is 1. The first-order chi connectivity index (χ1) is 15.9. The number of nitrogens with zero attached hydrogens (tertiary/aromatic N) is 3. The largest absolute Gasteiger partial charge is 0.495 e. The number of carbonyl (C=O) groups is 1. The summed E-state index contributed by atoms with van der Waals surface area (Å²) in [5, 5.41) is 13.0. The van der Waals surface area contributed by atoms with Crippen molar-refractivity contribution in [2.45, 2.75) is 33.2 Å². The highest BCUT2D eigenvalue weighted by Gasteiger charge is 2.28. The standard InChI is InChI=1S/C26H26N4O3/c1-7-18-13-21-12-15(2)30(26(31)27-5)28-25(22(21)14-23(18)32-6)20-10-8-19(9-11-20)24-16(3)29-33-17(24)4/h1,8-11,13-15H,12H2,2-6H3,(H,27,31). The van der Waals surface area contributed by atoms with E-state index < -0.39 is 0 Å². The number of aryl methyl sites for hydroxylation is 2. The van der Waals surface area contributed by atoms with Gasteiger partial charge in [-0.2, -0.15) is 5.10 Å². The van der Waals surface area contributed by atoms with Crippen molar-refractivity contribution >= 4 is 11.7 Å². The normalized spacial score (nSPS) is 15.2. The average molecular weight is 443 g/mol. The molecule has 1 atom stereocenters. The molecule has 0 radical (unpaired) electrons. The van der Waals surface area contributed by atoms with Gasteiger partial charge in [0.05, 0.1) is 30.1 Å². The molecule has 7 heteroatoms. The van der Waals surface area contributed by atoms with Crippen molar-refractivity contribution in [1.29, 1.82) is 0 Å². The number of rotatable bonds is 3. The number of nitrogens with one attached hydrogen (secondary N) is 1. The maximum atomic E-state index is 12.6. The summed E-state index contributed by atoms with van der Waals surface area (Å²) in [6.07, 6.45) is 6.32. The van der Waals surface area contributed by atoms with Crippen molar-refractivity contribution in [3.63, 3.8) is 0 Å². The Labute approximate surface area is 193 Å². The number of hydrogen-bond donors (Lipinski definition) is 1. The number of methoxy groups -OCH3 is 1. The second-order valence-electron chi connectivity index (χ2n) is 8.03. The lowest BCUT2D eigenvalue weighted by molar-refractivity contribution is 0.184. The Hall–Kier alpha value is -4.05. The van der Waals surface area contributed by atoms with Crippen LogP contribution in [-0.2, 0) is 6.42 Å². The lowest BCUT2D eigenvalue weighted by atomic mass is 9.91. The van der Waals surface area contributed by atoms with E-state index >= 15 is 0 Å². The van der Waals surface area contributed by atoms with E-state index in [2.05, 4.69) is 16.4 Å². The van der Waals surface area contributed by atoms with E-state index in [9.17, 15) is 4.79 Å². The van der Waals surface area contributed by atoms with E-state index in [1.54, 1.807) is 14.2 Å². The number of urea groups is 1. The van der Waals surface area contributed by atoms with Crippen LogP contribution in [0, 0.1) is 26.2 Å². The minimum Gasteiger partial charge on any atom is -0.495 e. The summed E-state index contributed by atoms with van der Waals surface area (Å²) in [4.78, 5) is 12.6. The van der Waals surface area contributed by atoms with E-state index in [4.69, 9.17) is 20.8 Å². The fourth-order valence-corrected chi connectivity index (χ4v) is 4.22. The molecule has 168 valence electrons. The van der Waals surface area contributed by atoms with Gasteiger partial charge in [0.2, 0.25) is 0 Å². The Balaban J connectivity index is 1.88. The average Bonchev–Trinajstić information content (AvgIpc) is 3.09. The molecular weight excluding hydrogens is 416 g/mol. The number of benzene rings is 2. The molecule has 4 rings (SSSR count). The van der Waals surface area contributed by atoms with Gasteiger partial charge >= 0.3 is 6.03 Å². The van der Waals surface area contributed by atoms with Gasteiger partial charge in [-0.15, -0.1) is 6.42 Å². The van der Waals surface area contributed by atoms with E-state index in [0.29, 0.717) is 23.4 Å². The fourth-order valence-electron chi connectivity index (χ4n) is 4.22. The van der Waals surface area contributed by atoms with Crippen LogP contribution in [0.25, 0.3) is 11.1 Å². The van der Waals surface area contributed by atoms with Crippen LogP contribution in [0.3, 0.4) is 0 Å². The van der Waals surface area contributed by atoms with Crippen LogP contribution in [0.4, 0.5) is 4.79 Å². The minimum absolute atomic E-state index is 0.165. The molecule has 0 fully saturated rings. The maximum absolute atomic E-state index is 12.6. The molecule has 7 nitrogen and oxygen atoms in total. The molecule has 0 spiro atoms. The SMILES string of the molecule is C#Cc1cc2c(cc1OC)C(c1ccc(-c3c(C)noc3C)cc1)=NN(C(=O)NC)C(C)C2. The van der Waals surface area contributed by atoms with Gasteiger partial charge in [-0.05, 0) is 50.5 Å². The predicted molar refractivity (Wildman–Crippen MR) is 127 cm³/mol. The van der Waals surface area contributed by atoms with Crippen molar-refractivity contribution in [3.8, 4) is 29.2 Å². The number of terminal acetylenes is 1. The van der Waals surface area contributed by atoms with Gasteiger partial charge in [0.25, 0.3) is 0 Å². The summed E-state index contributed by atoms with van der Waals surface area (Å²) >= 11 is 0. The quantitative estimate of drug-likeness (QED) is 0.614. The molecule has 1 N–H and O–H groups in total. The van der Waals surface area contributed by atoms with Crippen molar-refractivity contribution < 1.29 is 14.1 Å². The van der Waals surface area contributed by atoms with Gasteiger partial charge in [0.15, 0.2) is 0 Å². The highest BCUT2D eigenvalue weighted by atomic mass is 16.5. The lowest BCUT2D eigenvalue weighted by Gasteiger charge is -2.22. The number of amides is 2. The monoisotopic (exact) mass is 442 g/mol. The van der Waals surface area contributed by atoms with Crippen molar-refractivity contribution in [2.24, 2.45) is 5.10 Å². The summed E-state index contributed by atoms with van der Waals surface area (Å²) in [5.74, 6) is 4.05. The molecule has 0 bridgehead atoms. The first-order valence-corrected chi connectivity index (χ1v) is 10.7. The Morgan fingerprint density at radius 2 is 1.94 bits per heavy atom. The molecule has 0 saturated carbocycles. The zero-order chi connectivity index (χ0) is 23.7. The van der Waals surface area contributed by atoms with Crippen LogP contribution in [0.1, 0.15) is 40.6 Å². The number of aromatic nitrogens is 1. The van der Waals surface area contributed by atoms with Gasteiger partial charge in [0, 0.05) is 23.7 Å². The molecular formula is C26H26N4O3. The van der Waals surface area contributed by atoms with E-state index in [1.807, 2.05) is 57.2 Å². The maximum Gasteiger partial charge on any atom is 0.337 e. The third-order valence-electron chi connectivity index (χ3n) is 5.88. The van der Waals surface area contributed by atoms with Gasteiger partial charge in [-0.3, -0.25) is 0 Å². The molecule has 1 aliphatic heterocycles. The minimum atomic E-state index is -0.274. The number of fused-ring (bicyclic) bond motifs is 1. The van der Waals surface area contributed by atoms with E-state index in [0.717, 1.165) is 39.3 Å². The Morgan fingerprint density at radius 3 is 2.52 bits per heavy atom. The van der Waals surface area contributed by atoms with Crippen LogP contribution in [0.2, 0.25) is 0 Å². The Morgan fingerprint density at radius 1 is 1.24 bits per heavy atom. The summed E-state index contributed by atoms with van der Waals surface area (Å²) in [6, 6.07) is 11.4. The highest BCUT2D eigenvalue weighted by molar-refractivity contribution is 6.14. The van der Waals surface area contributed by atoms with Crippen LogP contribution < -0.4 is 10.1 Å². The van der Waals surface area contributed by atoms with Crippen molar-refractivity contribution in [2.75, 3.05) is 14.2 Å². The predicted octanol–water partition coefficient (Wildman–Crippen LogP) is 4.29. The molecule has 1 unspecified atom stereocenters. The second-order valence-corrected chi connectivity index (χ2v) is 8.03. The number of carbonyl (C=O) groups excluding carboxylic acids is 1. The topological polar surface area (TPSA) is 80.0 Å². The fraction of sp³-hybridized carbons (Fsp3) is 0.269. The molecule has 33 heavy (non-hydrogen) atoms. The zero-order valence-electron chi connectivity index (χ0n) is 19.4. The first-order valence-electron chi connectivity index (χ1n) is 10.7. The summed E-state index contributed by atoms with van der Waals surface area (Å²) < 4.78 is 10.9. The van der Waals surface area contributed by atoms with Gasteiger partial charge in [-0.25, -0.2) is 9.80 Å². The Kier molecular flexibility index (Phi) is 5.93. The van der Waals surface area contributed by atoms with Crippen LogP contribution in [0.15, 0.2) is 46.0 Å². The molecule has 1 aromatic heterocycles. The van der Waals surface area contributed by atoms with Crippen LogP contribution >= 0.6 is 0 Å². The third kappa shape index (κ3) is 3.96. The molecule has 0 aliphatic carbocycles. The molecule has 0 saturated heterocycles. The molecule has 2 heterocycles. The third-order valence-corrected chi connectivity index (χ3v) is 5.88. The first kappa shape index (κ1) is 22.2. The van der Waals surface area contributed by atoms with Crippen molar-refractivity contribution in [1.82, 2.24) is 15.5 Å². The number of hydrogen-bond acceptors (Lipinski definition) is 5. The second kappa shape index (κ2) is 8.83. The smallest absolute Gasteiger partial charge is 0.337 e. The summed E-state index contributed by atoms with van der Waals surface area (Å²) in [5.41, 5.74) is 6.92. The van der Waals surface area contributed by atoms with Crippen LogP contribution in [0.5, 0.6) is 5.75 Å². The lowest BCUT2D eigenvalue weighted by Crippen LogP contribution is -2.41. The molecule has 1 aliphatic rings. The zero-order valence-corrected chi connectivity index (χ0v) is 19.4.